The summed E-state index contributed by atoms with van der Waals surface area (Å²) in [5, 5.41) is 5.71. The summed E-state index contributed by atoms with van der Waals surface area (Å²) in [4.78, 5) is 1.42. The molecule has 0 aliphatic heterocycles. The van der Waals surface area contributed by atoms with Crippen molar-refractivity contribution in [3.8, 4) is 0 Å². The molecule has 1 aromatic heterocycles. The first-order valence-corrected chi connectivity index (χ1v) is 7.01. The van der Waals surface area contributed by atoms with Gasteiger partial charge in [-0.1, -0.05) is 13.8 Å². The Morgan fingerprint density at radius 2 is 2.12 bits per heavy atom. The van der Waals surface area contributed by atoms with E-state index in [1.165, 1.54) is 10.4 Å². The summed E-state index contributed by atoms with van der Waals surface area (Å²) in [6.45, 7) is 10.3. The van der Waals surface area contributed by atoms with Crippen LogP contribution in [0.15, 0.2) is 11.4 Å². The molecule has 0 bridgehead atoms. The van der Waals surface area contributed by atoms with Gasteiger partial charge >= 0.3 is 0 Å². The van der Waals surface area contributed by atoms with Crippen LogP contribution in [-0.4, -0.2) is 19.3 Å². The number of hydrogen-bond acceptors (Lipinski definition) is 3. The molecule has 0 fully saturated rings. The minimum atomic E-state index is 0.280. The molecular formula is C13H23NOS. The quantitative estimate of drug-likeness (QED) is 0.788. The fourth-order valence-electron chi connectivity index (χ4n) is 1.98. The third-order valence-corrected chi connectivity index (χ3v) is 3.87. The van der Waals surface area contributed by atoms with Crippen molar-refractivity contribution in [3.05, 3.63) is 21.9 Å². The second-order valence-electron chi connectivity index (χ2n) is 3.91. The smallest absolute Gasteiger partial charge is 0.0775 e. The van der Waals surface area contributed by atoms with Crippen molar-refractivity contribution in [2.45, 2.75) is 46.3 Å². The van der Waals surface area contributed by atoms with E-state index in [9.17, 15) is 0 Å². The second-order valence-corrected chi connectivity index (χ2v) is 4.85. The Balaban J connectivity index is 2.84. The molecule has 1 rings (SSSR count). The van der Waals surface area contributed by atoms with E-state index in [1.54, 1.807) is 0 Å². The maximum absolute atomic E-state index is 5.83. The molecule has 2 nitrogen and oxygen atoms in total. The van der Waals surface area contributed by atoms with E-state index in [4.69, 9.17) is 4.74 Å². The third kappa shape index (κ3) is 3.30. The minimum Gasteiger partial charge on any atom is -0.377 e. The zero-order valence-corrected chi connectivity index (χ0v) is 11.6. The van der Waals surface area contributed by atoms with E-state index >= 15 is 0 Å². The molecule has 16 heavy (non-hydrogen) atoms. The van der Waals surface area contributed by atoms with Crippen molar-refractivity contribution in [3.63, 3.8) is 0 Å². The Labute approximate surface area is 103 Å². The Bertz CT molecular complexity index is 298. The first-order chi connectivity index (χ1) is 7.74. The van der Waals surface area contributed by atoms with E-state index in [0.29, 0.717) is 6.04 Å². The molecule has 2 atom stereocenters. The average molecular weight is 241 g/mol. The monoisotopic (exact) mass is 241 g/mol. The number of likely N-dealkylation sites (N-methyl/N-ethyl adjacent to an activating group) is 1. The highest BCUT2D eigenvalue weighted by Crippen LogP contribution is 2.29. The van der Waals surface area contributed by atoms with Gasteiger partial charge in [-0.25, -0.2) is 0 Å². The fraction of sp³-hybridized carbons (Fsp3) is 0.692. The molecule has 0 amide bonds. The second kappa shape index (κ2) is 7.05. The average Bonchev–Trinajstić information content (AvgIpc) is 2.69. The van der Waals surface area contributed by atoms with Crippen LogP contribution in [0.5, 0.6) is 0 Å². The molecule has 0 saturated carbocycles. The van der Waals surface area contributed by atoms with Gasteiger partial charge in [0.05, 0.1) is 12.1 Å². The van der Waals surface area contributed by atoms with Crippen molar-refractivity contribution >= 4 is 11.3 Å². The molecule has 0 aliphatic carbocycles. The van der Waals surface area contributed by atoms with Crippen molar-refractivity contribution in [2.75, 3.05) is 13.2 Å². The van der Waals surface area contributed by atoms with Gasteiger partial charge in [0.1, 0.15) is 0 Å². The van der Waals surface area contributed by atoms with Crippen LogP contribution in [0.3, 0.4) is 0 Å². The Hall–Kier alpha value is -0.380. The summed E-state index contributed by atoms with van der Waals surface area (Å²) in [6, 6.07) is 2.53. The van der Waals surface area contributed by atoms with Crippen LogP contribution in [0, 0.1) is 6.92 Å². The fourth-order valence-corrected chi connectivity index (χ4v) is 3.03. The Kier molecular flexibility index (Phi) is 6.03. The van der Waals surface area contributed by atoms with Crippen LogP contribution in [0.25, 0.3) is 0 Å². The molecule has 0 aromatic carbocycles. The van der Waals surface area contributed by atoms with Crippen molar-refractivity contribution in [1.82, 2.24) is 5.32 Å². The van der Waals surface area contributed by atoms with Crippen LogP contribution < -0.4 is 5.32 Å². The van der Waals surface area contributed by atoms with E-state index in [2.05, 4.69) is 44.5 Å². The molecule has 3 heteroatoms. The van der Waals surface area contributed by atoms with Crippen molar-refractivity contribution in [1.29, 1.82) is 0 Å². The predicted molar refractivity (Wildman–Crippen MR) is 71.2 cm³/mol. The Morgan fingerprint density at radius 1 is 1.38 bits per heavy atom. The largest absolute Gasteiger partial charge is 0.377 e. The van der Waals surface area contributed by atoms with Crippen LogP contribution >= 0.6 is 11.3 Å². The highest BCUT2D eigenvalue weighted by atomic mass is 32.1. The molecule has 0 radical (unpaired) electrons. The van der Waals surface area contributed by atoms with Crippen LogP contribution in [0.1, 0.15) is 43.7 Å². The first kappa shape index (κ1) is 13.7. The summed E-state index contributed by atoms with van der Waals surface area (Å²) < 4.78 is 5.83. The standard InChI is InChI=1S/C13H23NOS/c1-5-11(15-7-3)12(14-6-2)13-10(4)8-9-16-13/h8-9,11-12,14H,5-7H2,1-4H3. The molecule has 1 N–H and O–H groups in total. The van der Waals surface area contributed by atoms with E-state index in [0.717, 1.165) is 19.6 Å². The lowest BCUT2D eigenvalue weighted by atomic mass is 10.0. The summed E-state index contributed by atoms with van der Waals surface area (Å²) in [5.74, 6) is 0. The van der Waals surface area contributed by atoms with Crippen molar-refractivity contribution < 1.29 is 4.74 Å². The molecule has 0 spiro atoms. The van der Waals surface area contributed by atoms with E-state index in [-0.39, 0.29) is 6.10 Å². The lowest BCUT2D eigenvalue weighted by molar-refractivity contribution is 0.0326. The molecule has 2 unspecified atom stereocenters. The molecule has 1 aromatic rings. The van der Waals surface area contributed by atoms with Crippen LogP contribution in [0.2, 0.25) is 0 Å². The van der Waals surface area contributed by atoms with Gasteiger partial charge in [-0.05, 0) is 43.8 Å². The van der Waals surface area contributed by atoms with Gasteiger partial charge in [-0.15, -0.1) is 11.3 Å². The predicted octanol–water partition coefficient (Wildman–Crippen LogP) is 3.52. The first-order valence-electron chi connectivity index (χ1n) is 6.13. The molecule has 1 heterocycles. The number of aryl methyl sites for hydroxylation is 1. The minimum absolute atomic E-state index is 0.280. The van der Waals surface area contributed by atoms with Gasteiger partial charge in [-0.2, -0.15) is 0 Å². The topological polar surface area (TPSA) is 21.3 Å². The highest BCUT2D eigenvalue weighted by Gasteiger charge is 2.23. The van der Waals surface area contributed by atoms with Gasteiger partial charge in [0, 0.05) is 11.5 Å². The Morgan fingerprint density at radius 3 is 2.56 bits per heavy atom. The number of nitrogens with one attached hydrogen (secondary N) is 1. The zero-order chi connectivity index (χ0) is 12.0. The van der Waals surface area contributed by atoms with Gasteiger partial charge in [0.25, 0.3) is 0 Å². The summed E-state index contributed by atoms with van der Waals surface area (Å²) in [7, 11) is 0. The third-order valence-electron chi connectivity index (χ3n) is 2.76. The molecule has 92 valence electrons. The van der Waals surface area contributed by atoms with E-state index < -0.39 is 0 Å². The van der Waals surface area contributed by atoms with Gasteiger partial charge in [0.2, 0.25) is 0 Å². The van der Waals surface area contributed by atoms with E-state index in [1.807, 2.05) is 11.3 Å². The molecule has 0 saturated heterocycles. The van der Waals surface area contributed by atoms with Crippen LogP contribution in [-0.2, 0) is 4.74 Å². The molecular weight excluding hydrogens is 218 g/mol. The lowest BCUT2D eigenvalue weighted by Crippen LogP contribution is -2.33. The summed E-state index contributed by atoms with van der Waals surface area (Å²) in [6.07, 6.45) is 1.32. The van der Waals surface area contributed by atoms with Crippen molar-refractivity contribution in [2.24, 2.45) is 0 Å². The summed E-state index contributed by atoms with van der Waals surface area (Å²) >= 11 is 1.82. The molecule has 0 aliphatic rings. The zero-order valence-electron chi connectivity index (χ0n) is 10.7. The number of hydrogen-bond donors (Lipinski definition) is 1. The maximum Gasteiger partial charge on any atom is 0.0775 e. The van der Waals surface area contributed by atoms with Crippen LogP contribution in [0.4, 0.5) is 0 Å². The normalized spacial score (nSPS) is 15.0. The SMILES string of the molecule is CCNC(c1sccc1C)C(CC)OCC. The van der Waals surface area contributed by atoms with Gasteiger partial charge in [-0.3, -0.25) is 0 Å². The lowest BCUT2D eigenvalue weighted by Gasteiger charge is -2.26. The van der Waals surface area contributed by atoms with Gasteiger partial charge in [0.15, 0.2) is 0 Å². The number of ether oxygens (including phenoxy) is 1. The number of rotatable bonds is 7. The number of thiophene rings is 1. The summed E-state index contributed by atoms with van der Waals surface area (Å²) in [5.41, 5.74) is 1.37. The maximum atomic E-state index is 5.83. The highest BCUT2D eigenvalue weighted by molar-refractivity contribution is 7.10. The van der Waals surface area contributed by atoms with Gasteiger partial charge < -0.3 is 10.1 Å².